The maximum atomic E-state index is 11.9. The number of likely N-dealkylation sites (N-methyl/N-ethyl adjacent to an activating group) is 1. The summed E-state index contributed by atoms with van der Waals surface area (Å²) in [7, 11) is 1.85. The third kappa shape index (κ3) is 1.66. The van der Waals surface area contributed by atoms with Crippen LogP contribution in [0.4, 0.5) is 0 Å². The largest absolute Gasteiger partial charge is 0.354 e. The monoisotopic (exact) mass is 206 g/mol. The van der Waals surface area contributed by atoms with Crippen LogP contribution in [0, 0.1) is 0 Å². The van der Waals surface area contributed by atoms with Gasteiger partial charge in [0, 0.05) is 24.7 Å². The van der Waals surface area contributed by atoms with Gasteiger partial charge in [-0.1, -0.05) is 20.8 Å². The summed E-state index contributed by atoms with van der Waals surface area (Å²) in [6.07, 6.45) is 0.962. The van der Waals surface area contributed by atoms with Crippen molar-refractivity contribution in [3.8, 4) is 0 Å². The zero-order valence-corrected chi connectivity index (χ0v) is 9.85. The standard InChI is InChI=1S/C12H18N2O/c1-12(2,3)9-7-8-5-6-14(4)11(15)10(8)13-9/h7,13H,5-6H2,1-4H3. The van der Waals surface area contributed by atoms with Crippen LogP contribution in [-0.2, 0) is 11.8 Å². The van der Waals surface area contributed by atoms with Crippen LogP contribution in [0.2, 0.25) is 0 Å². The first-order valence-corrected chi connectivity index (χ1v) is 5.37. The molecule has 1 aromatic heterocycles. The molecule has 0 aliphatic carbocycles. The lowest BCUT2D eigenvalue weighted by molar-refractivity contribution is 0.0775. The fourth-order valence-corrected chi connectivity index (χ4v) is 1.87. The molecule has 1 aromatic rings. The Kier molecular flexibility index (Phi) is 2.14. The summed E-state index contributed by atoms with van der Waals surface area (Å²) in [5.74, 6) is 0.117. The zero-order valence-electron chi connectivity index (χ0n) is 9.85. The van der Waals surface area contributed by atoms with E-state index in [9.17, 15) is 4.79 Å². The molecule has 1 amide bonds. The minimum absolute atomic E-state index is 0.0796. The number of amides is 1. The van der Waals surface area contributed by atoms with Crippen molar-refractivity contribution in [2.45, 2.75) is 32.6 Å². The number of nitrogens with one attached hydrogen (secondary N) is 1. The summed E-state index contributed by atoms with van der Waals surface area (Å²) in [6.45, 7) is 7.28. The first kappa shape index (κ1) is 10.3. The summed E-state index contributed by atoms with van der Waals surface area (Å²) in [5.41, 5.74) is 3.18. The minimum Gasteiger partial charge on any atom is -0.354 e. The van der Waals surface area contributed by atoms with Gasteiger partial charge < -0.3 is 9.88 Å². The van der Waals surface area contributed by atoms with Gasteiger partial charge >= 0.3 is 0 Å². The van der Waals surface area contributed by atoms with Crippen molar-refractivity contribution in [1.82, 2.24) is 9.88 Å². The van der Waals surface area contributed by atoms with Crippen molar-refractivity contribution in [2.75, 3.05) is 13.6 Å². The first-order chi connectivity index (χ1) is 6.89. The summed E-state index contributed by atoms with van der Waals surface area (Å²) in [6, 6.07) is 2.14. The van der Waals surface area contributed by atoms with Crippen LogP contribution in [0.3, 0.4) is 0 Å². The quantitative estimate of drug-likeness (QED) is 0.692. The van der Waals surface area contributed by atoms with E-state index >= 15 is 0 Å². The van der Waals surface area contributed by atoms with Gasteiger partial charge in [0.1, 0.15) is 5.69 Å². The van der Waals surface area contributed by atoms with Crippen molar-refractivity contribution >= 4 is 5.91 Å². The molecule has 0 saturated heterocycles. The normalized spacial score (nSPS) is 16.8. The number of hydrogen-bond donors (Lipinski definition) is 1. The molecule has 0 spiro atoms. The molecular weight excluding hydrogens is 188 g/mol. The van der Waals surface area contributed by atoms with E-state index in [1.807, 2.05) is 7.05 Å². The number of aromatic nitrogens is 1. The van der Waals surface area contributed by atoms with E-state index in [1.165, 1.54) is 5.56 Å². The Hall–Kier alpha value is -1.25. The molecular formula is C12H18N2O. The van der Waals surface area contributed by atoms with Gasteiger partial charge in [0.15, 0.2) is 0 Å². The average Bonchev–Trinajstić information content (AvgIpc) is 2.55. The van der Waals surface area contributed by atoms with Gasteiger partial charge in [-0.05, 0) is 18.1 Å². The number of carbonyl (C=O) groups excluding carboxylic acids is 1. The van der Waals surface area contributed by atoms with Gasteiger partial charge in [0.2, 0.25) is 0 Å². The topological polar surface area (TPSA) is 36.1 Å². The maximum Gasteiger partial charge on any atom is 0.270 e. The molecule has 3 nitrogen and oxygen atoms in total. The van der Waals surface area contributed by atoms with Crippen LogP contribution in [0.5, 0.6) is 0 Å². The third-order valence-electron chi connectivity index (χ3n) is 2.98. The number of fused-ring (bicyclic) bond motifs is 1. The van der Waals surface area contributed by atoms with Crippen LogP contribution >= 0.6 is 0 Å². The molecule has 1 N–H and O–H groups in total. The molecule has 3 heteroatoms. The Labute approximate surface area is 90.5 Å². The summed E-state index contributed by atoms with van der Waals surface area (Å²) in [5, 5.41) is 0. The van der Waals surface area contributed by atoms with E-state index in [4.69, 9.17) is 0 Å². The van der Waals surface area contributed by atoms with Crippen molar-refractivity contribution in [2.24, 2.45) is 0 Å². The van der Waals surface area contributed by atoms with E-state index < -0.39 is 0 Å². The van der Waals surface area contributed by atoms with Gasteiger partial charge in [-0.15, -0.1) is 0 Å². The highest BCUT2D eigenvalue weighted by Crippen LogP contribution is 2.26. The fraction of sp³-hybridized carbons (Fsp3) is 0.583. The van der Waals surface area contributed by atoms with Crippen LogP contribution in [0.15, 0.2) is 6.07 Å². The second-order valence-electron chi connectivity index (χ2n) is 5.31. The van der Waals surface area contributed by atoms with Crippen molar-refractivity contribution in [1.29, 1.82) is 0 Å². The van der Waals surface area contributed by atoms with E-state index in [0.29, 0.717) is 0 Å². The second-order valence-corrected chi connectivity index (χ2v) is 5.31. The fourth-order valence-electron chi connectivity index (χ4n) is 1.87. The minimum atomic E-state index is 0.0796. The summed E-state index contributed by atoms with van der Waals surface area (Å²) < 4.78 is 0. The molecule has 0 fully saturated rings. The molecule has 0 saturated carbocycles. The van der Waals surface area contributed by atoms with Gasteiger partial charge in [0.25, 0.3) is 5.91 Å². The highest BCUT2D eigenvalue weighted by molar-refractivity contribution is 5.95. The smallest absolute Gasteiger partial charge is 0.270 e. The summed E-state index contributed by atoms with van der Waals surface area (Å²) >= 11 is 0. The number of hydrogen-bond acceptors (Lipinski definition) is 1. The molecule has 0 bridgehead atoms. The van der Waals surface area contributed by atoms with Gasteiger partial charge in [-0.25, -0.2) is 0 Å². The van der Waals surface area contributed by atoms with Gasteiger partial charge in [0.05, 0.1) is 0 Å². The summed E-state index contributed by atoms with van der Waals surface area (Å²) in [4.78, 5) is 16.9. The maximum absolute atomic E-state index is 11.9. The van der Waals surface area contributed by atoms with Crippen molar-refractivity contribution in [3.05, 3.63) is 23.0 Å². The van der Waals surface area contributed by atoms with Crippen LogP contribution in [0.25, 0.3) is 0 Å². The SMILES string of the molecule is CN1CCc2cc(C(C)(C)C)[nH]c2C1=O. The lowest BCUT2D eigenvalue weighted by Crippen LogP contribution is -2.33. The highest BCUT2D eigenvalue weighted by Gasteiger charge is 2.26. The molecule has 1 aliphatic rings. The predicted molar refractivity (Wildman–Crippen MR) is 60.2 cm³/mol. The molecule has 0 aromatic carbocycles. The lowest BCUT2D eigenvalue weighted by Gasteiger charge is -2.21. The molecule has 0 atom stereocenters. The Bertz CT molecular complexity index is 398. The average molecular weight is 206 g/mol. The van der Waals surface area contributed by atoms with Gasteiger partial charge in [-0.3, -0.25) is 4.79 Å². The van der Waals surface area contributed by atoms with E-state index in [2.05, 4.69) is 31.8 Å². The van der Waals surface area contributed by atoms with Crippen molar-refractivity contribution < 1.29 is 4.79 Å². The number of H-pyrrole nitrogens is 1. The zero-order chi connectivity index (χ0) is 11.2. The van der Waals surface area contributed by atoms with E-state index in [-0.39, 0.29) is 11.3 Å². The van der Waals surface area contributed by atoms with E-state index in [1.54, 1.807) is 4.90 Å². The Balaban J connectivity index is 2.44. The highest BCUT2D eigenvalue weighted by atomic mass is 16.2. The Morgan fingerprint density at radius 3 is 2.67 bits per heavy atom. The van der Waals surface area contributed by atoms with Crippen LogP contribution in [0.1, 0.15) is 42.5 Å². The molecule has 0 radical (unpaired) electrons. The first-order valence-electron chi connectivity index (χ1n) is 5.37. The number of carbonyl (C=O) groups is 1. The second kappa shape index (κ2) is 3.12. The predicted octanol–water partition coefficient (Wildman–Crippen LogP) is 1.94. The number of nitrogens with zero attached hydrogens (tertiary/aromatic N) is 1. The van der Waals surface area contributed by atoms with E-state index in [0.717, 1.165) is 24.4 Å². The molecule has 1 aliphatic heterocycles. The molecule has 2 rings (SSSR count). The molecule has 2 heterocycles. The Morgan fingerprint density at radius 2 is 2.07 bits per heavy atom. The van der Waals surface area contributed by atoms with Crippen LogP contribution in [-0.4, -0.2) is 29.4 Å². The van der Waals surface area contributed by atoms with Crippen molar-refractivity contribution in [3.63, 3.8) is 0 Å². The lowest BCUT2D eigenvalue weighted by atomic mass is 9.92. The number of aromatic amines is 1. The molecule has 15 heavy (non-hydrogen) atoms. The van der Waals surface area contributed by atoms with Gasteiger partial charge in [-0.2, -0.15) is 0 Å². The third-order valence-corrected chi connectivity index (χ3v) is 2.98. The molecule has 82 valence electrons. The number of rotatable bonds is 0. The Morgan fingerprint density at radius 1 is 1.40 bits per heavy atom. The van der Waals surface area contributed by atoms with Crippen LogP contribution < -0.4 is 0 Å². The molecule has 0 unspecified atom stereocenters.